The highest BCUT2D eigenvalue weighted by atomic mass is 19.1. The highest BCUT2D eigenvalue weighted by Gasteiger charge is 2.44. The van der Waals surface area contributed by atoms with Crippen molar-refractivity contribution in [1.29, 1.82) is 0 Å². The minimum Gasteiger partial charge on any atom is -0.433 e. The SMILES string of the molecule is NC(=O)OC1(c2ccc(-c3ccc(F)cc3)cc2)COC1. The number of halogens is 1. The second-order valence-electron chi connectivity index (χ2n) is 4.99. The fourth-order valence-corrected chi connectivity index (χ4v) is 2.37. The van der Waals surface area contributed by atoms with Crippen LogP contribution in [-0.2, 0) is 15.1 Å². The van der Waals surface area contributed by atoms with E-state index in [0.717, 1.165) is 16.7 Å². The lowest BCUT2D eigenvalue weighted by molar-refractivity contribution is -0.183. The van der Waals surface area contributed by atoms with Crippen LogP contribution in [0, 0.1) is 5.82 Å². The first-order valence-corrected chi connectivity index (χ1v) is 6.52. The molecule has 21 heavy (non-hydrogen) atoms. The van der Waals surface area contributed by atoms with E-state index < -0.39 is 11.7 Å². The molecular formula is C16H14FNO3. The van der Waals surface area contributed by atoms with Gasteiger partial charge in [0.1, 0.15) is 5.82 Å². The number of nitrogens with two attached hydrogens (primary N) is 1. The number of carbonyl (C=O) groups excluding carboxylic acids is 1. The summed E-state index contributed by atoms with van der Waals surface area (Å²) in [7, 11) is 0. The Balaban J connectivity index is 1.86. The highest BCUT2D eigenvalue weighted by Crippen LogP contribution is 2.34. The normalized spacial score (nSPS) is 16.0. The molecule has 3 rings (SSSR count). The Morgan fingerprint density at radius 3 is 2.00 bits per heavy atom. The van der Waals surface area contributed by atoms with E-state index in [1.165, 1.54) is 12.1 Å². The van der Waals surface area contributed by atoms with Gasteiger partial charge in [0.05, 0.1) is 13.2 Å². The van der Waals surface area contributed by atoms with Crippen molar-refractivity contribution in [3.63, 3.8) is 0 Å². The maximum absolute atomic E-state index is 12.9. The summed E-state index contributed by atoms with van der Waals surface area (Å²) in [5.74, 6) is -0.268. The zero-order valence-corrected chi connectivity index (χ0v) is 11.2. The van der Waals surface area contributed by atoms with Gasteiger partial charge >= 0.3 is 6.09 Å². The standard InChI is InChI=1S/C16H14FNO3/c17-14-7-3-12(4-8-14)11-1-5-13(6-2-11)16(9-20-10-16)21-15(18)19/h1-8H,9-10H2,(H2,18,19). The molecule has 108 valence electrons. The van der Waals surface area contributed by atoms with Crippen LogP contribution < -0.4 is 5.73 Å². The lowest BCUT2D eigenvalue weighted by atomic mass is 9.90. The number of hydrogen-bond acceptors (Lipinski definition) is 3. The van der Waals surface area contributed by atoms with Crippen molar-refractivity contribution in [2.24, 2.45) is 5.73 Å². The molecule has 5 heteroatoms. The molecule has 1 amide bonds. The van der Waals surface area contributed by atoms with Crippen LogP contribution in [0.4, 0.5) is 9.18 Å². The third-order valence-electron chi connectivity index (χ3n) is 3.55. The molecule has 0 unspecified atom stereocenters. The van der Waals surface area contributed by atoms with Gasteiger partial charge in [-0.1, -0.05) is 36.4 Å². The van der Waals surface area contributed by atoms with E-state index in [2.05, 4.69) is 0 Å². The van der Waals surface area contributed by atoms with E-state index in [9.17, 15) is 9.18 Å². The van der Waals surface area contributed by atoms with Crippen LogP contribution >= 0.6 is 0 Å². The van der Waals surface area contributed by atoms with Gasteiger partial charge in [0.25, 0.3) is 0 Å². The molecule has 1 heterocycles. The van der Waals surface area contributed by atoms with Crippen LogP contribution in [0.5, 0.6) is 0 Å². The van der Waals surface area contributed by atoms with Gasteiger partial charge in [0, 0.05) is 5.56 Å². The molecule has 1 aliphatic rings. The Kier molecular flexibility index (Phi) is 3.35. The van der Waals surface area contributed by atoms with Crippen molar-refractivity contribution < 1.29 is 18.7 Å². The number of carbonyl (C=O) groups is 1. The second kappa shape index (κ2) is 5.18. The molecular weight excluding hydrogens is 273 g/mol. The van der Waals surface area contributed by atoms with E-state index in [4.69, 9.17) is 15.2 Å². The van der Waals surface area contributed by atoms with E-state index >= 15 is 0 Å². The third-order valence-corrected chi connectivity index (χ3v) is 3.55. The molecule has 4 nitrogen and oxygen atoms in total. The molecule has 0 atom stereocenters. The lowest BCUT2D eigenvalue weighted by Gasteiger charge is -2.40. The Morgan fingerprint density at radius 2 is 1.57 bits per heavy atom. The topological polar surface area (TPSA) is 61.6 Å². The molecule has 0 bridgehead atoms. The van der Waals surface area contributed by atoms with Crippen molar-refractivity contribution in [3.8, 4) is 11.1 Å². The summed E-state index contributed by atoms with van der Waals surface area (Å²) >= 11 is 0. The minimum atomic E-state index is -0.819. The maximum atomic E-state index is 12.9. The van der Waals surface area contributed by atoms with Crippen molar-refractivity contribution >= 4 is 6.09 Å². The predicted molar refractivity (Wildman–Crippen MR) is 75.0 cm³/mol. The summed E-state index contributed by atoms with van der Waals surface area (Å²) < 4.78 is 23.3. The highest BCUT2D eigenvalue weighted by molar-refractivity contribution is 5.66. The molecule has 0 radical (unpaired) electrons. The summed E-state index contributed by atoms with van der Waals surface area (Å²) in [6.45, 7) is 0.595. The minimum absolute atomic E-state index is 0.268. The number of primary amides is 1. The van der Waals surface area contributed by atoms with Gasteiger partial charge in [-0.2, -0.15) is 0 Å². The van der Waals surface area contributed by atoms with Gasteiger partial charge in [0.2, 0.25) is 0 Å². The van der Waals surface area contributed by atoms with Gasteiger partial charge < -0.3 is 15.2 Å². The smallest absolute Gasteiger partial charge is 0.405 e. The van der Waals surface area contributed by atoms with Gasteiger partial charge in [0.15, 0.2) is 5.60 Å². The van der Waals surface area contributed by atoms with Crippen LogP contribution in [-0.4, -0.2) is 19.3 Å². The molecule has 0 saturated carbocycles. The second-order valence-corrected chi connectivity index (χ2v) is 4.99. The van der Waals surface area contributed by atoms with Crippen LogP contribution in [0.15, 0.2) is 48.5 Å². The van der Waals surface area contributed by atoms with Crippen molar-refractivity contribution in [2.75, 3.05) is 13.2 Å². The Morgan fingerprint density at radius 1 is 1.05 bits per heavy atom. The first-order valence-electron chi connectivity index (χ1n) is 6.52. The predicted octanol–water partition coefficient (Wildman–Crippen LogP) is 2.81. The summed E-state index contributed by atoms with van der Waals surface area (Å²) in [6.07, 6.45) is -0.819. The number of amides is 1. The average molecular weight is 287 g/mol. The van der Waals surface area contributed by atoms with Gasteiger partial charge in [-0.05, 0) is 23.3 Å². The van der Waals surface area contributed by atoms with Crippen molar-refractivity contribution in [2.45, 2.75) is 5.60 Å². The van der Waals surface area contributed by atoms with Crippen molar-refractivity contribution in [3.05, 3.63) is 59.9 Å². The largest absolute Gasteiger partial charge is 0.433 e. The number of rotatable bonds is 3. The zero-order chi connectivity index (χ0) is 14.9. The Labute approximate surface area is 121 Å². The molecule has 1 fully saturated rings. The Bertz CT molecular complexity index is 648. The van der Waals surface area contributed by atoms with E-state index in [0.29, 0.717) is 13.2 Å². The molecule has 0 aliphatic carbocycles. The summed E-state index contributed by atoms with van der Waals surface area (Å²) in [6, 6.07) is 13.8. The molecule has 2 aromatic carbocycles. The molecule has 2 N–H and O–H groups in total. The summed E-state index contributed by atoms with van der Waals surface area (Å²) in [4.78, 5) is 11.0. The molecule has 1 saturated heterocycles. The summed E-state index contributed by atoms with van der Waals surface area (Å²) in [5.41, 5.74) is 7.02. The molecule has 0 spiro atoms. The number of benzene rings is 2. The van der Waals surface area contributed by atoms with E-state index in [1.807, 2.05) is 24.3 Å². The average Bonchev–Trinajstić information content (AvgIpc) is 2.44. The zero-order valence-electron chi connectivity index (χ0n) is 11.2. The third kappa shape index (κ3) is 2.60. The molecule has 1 aliphatic heterocycles. The molecule has 0 aromatic heterocycles. The number of hydrogen-bond donors (Lipinski definition) is 1. The van der Waals surface area contributed by atoms with Crippen LogP contribution in [0.25, 0.3) is 11.1 Å². The lowest BCUT2D eigenvalue weighted by Crippen LogP contribution is -2.51. The van der Waals surface area contributed by atoms with Crippen LogP contribution in [0.1, 0.15) is 5.56 Å². The first-order chi connectivity index (χ1) is 10.1. The van der Waals surface area contributed by atoms with Gasteiger partial charge in [-0.25, -0.2) is 9.18 Å². The van der Waals surface area contributed by atoms with Gasteiger partial charge in [-0.15, -0.1) is 0 Å². The maximum Gasteiger partial charge on any atom is 0.405 e. The first kappa shape index (κ1) is 13.6. The fourth-order valence-electron chi connectivity index (χ4n) is 2.37. The fraction of sp³-hybridized carbons (Fsp3) is 0.188. The van der Waals surface area contributed by atoms with Gasteiger partial charge in [-0.3, -0.25) is 0 Å². The van der Waals surface area contributed by atoms with E-state index in [-0.39, 0.29) is 5.82 Å². The van der Waals surface area contributed by atoms with Crippen LogP contribution in [0.3, 0.4) is 0 Å². The quantitative estimate of drug-likeness (QED) is 0.944. The number of ether oxygens (including phenoxy) is 2. The van der Waals surface area contributed by atoms with Crippen molar-refractivity contribution in [1.82, 2.24) is 0 Å². The Hall–Kier alpha value is -2.40. The monoisotopic (exact) mass is 287 g/mol. The van der Waals surface area contributed by atoms with E-state index in [1.54, 1.807) is 12.1 Å². The summed E-state index contributed by atoms with van der Waals surface area (Å²) in [5, 5.41) is 0. The van der Waals surface area contributed by atoms with Crippen LogP contribution in [0.2, 0.25) is 0 Å². The molecule has 2 aromatic rings.